The summed E-state index contributed by atoms with van der Waals surface area (Å²) < 4.78 is 19.3. The zero-order valence-electron chi connectivity index (χ0n) is 10.3. The summed E-state index contributed by atoms with van der Waals surface area (Å²) in [6.45, 7) is 0.487. The molecule has 0 aromatic heterocycles. The Morgan fingerprint density at radius 1 is 1.25 bits per heavy atom. The lowest BCUT2D eigenvalue weighted by molar-refractivity contribution is 0.103. The van der Waals surface area contributed by atoms with E-state index in [-0.39, 0.29) is 16.1 Å². The molecule has 0 N–H and O–H groups in total. The van der Waals surface area contributed by atoms with Crippen LogP contribution in [-0.2, 0) is 6.42 Å². The van der Waals surface area contributed by atoms with Crippen molar-refractivity contribution in [1.29, 1.82) is 0 Å². The number of benzene rings is 2. The van der Waals surface area contributed by atoms with E-state index in [0.29, 0.717) is 23.8 Å². The van der Waals surface area contributed by atoms with E-state index in [9.17, 15) is 9.18 Å². The van der Waals surface area contributed by atoms with E-state index in [2.05, 4.69) is 0 Å². The smallest absolute Gasteiger partial charge is 0.201 e. The van der Waals surface area contributed by atoms with Gasteiger partial charge in [-0.1, -0.05) is 29.3 Å². The zero-order chi connectivity index (χ0) is 14.3. The molecule has 0 aliphatic carbocycles. The highest BCUT2D eigenvalue weighted by Gasteiger charge is 2.25. The van der Waals surface area contributed by atoms with Crippen molar-refractivity contribution >= 4 is 29.0 Å². The van der Waals surface area contributed by atoms with Gasteiger partial charge in [0.05, 0.1) is 22.8 Å². The number of hydrogen-bond acceptors (Lipinski definition) is 2. The van der Waals surface area contributed by atoms with Crippen LogP contribution < -0.4 is 4.74 Å². The van der Waals surface area contributed by atoms with E-state index in [4.69, 9.17) is 27.9 Å². The summed E-state index contributed by atoms with van der Waals surface area (Å²) in [6.07, 6.45) is 0.682. The maximum absolute atomic E-state index is 13.9. The molecule has 1 aliphatic rings. The molecule has 1 aliphatic heterocycles. The first kappa shape index (κ1) is 13.4. The first-order valence-electron chi connectivity index (χ1n) is 6.02. The van der Waals surface area contributed by atoms with Crippen LogP contribution in [0.4, 0.5) is 4.39 Å². The number of carbonyl (C=O) groups excluding carboxylic acids is 1. The lowest BCUT2D eigenvalue weighted by Crippen LogP contribution is -2.07. The van der Waals surface area contributed by atoms with E-state index in [1.807, 2.05) is 0 Å². The molecule has 0 bridgehead atoms. The summed E-state index contributed by atoms with van der Waals surface area (Å²) >= 11 is 11.9. The van der Waals surface area contributed by atoms with Crippen LogP contribution in [0.2, 0.25) is 10.0 Å². The maximum Gasteiger partial charge on any atom is 0.201 e. The molecule has 5 heteroatoms. The van der Waals surface area contributed by atoms with Gasteiger partial charge in [-0.3, -0.25) is 4.79 Å². The monoisotopic (exact) mass is 310 g/mol. The standard InChI is InChI=1S/C15H9Cl2FO2/c16-9-6-8-4-5-20-15(8)10(7-9)14(19)13-11(17)2-1-3-12(13)18/h1-3,6-7H,4-5H2. The molecule has 0 atom stereocenters. The molecule has 0 unspecified atom stereocenters. The molecular formula is C15H9Cl2FO2. The fourth-order valence-corrected chi connectivity index (χ4v) is 2.78. The van der Waals surface area contributed by atoms with Crippen LogP contribution >= 0.6 is 23.2 Å². The number of rotatable bonds is 2. The molecule has 0 fully saturated rings. The van der Waals surface area contributed by atoms with E-state index >= 15 is 0 Å². The van der Waals surface area contributed by atoms with Gasteiger partial charge in [-0.15, -0.1) is 0 Å². The predicted octanol–water partition coefficient (Wildman–Crippen LogP) is 4.30. The number of hydrogen-bond donors (Lipinski definition) is 0. The van der Waals surface area contributed by atoms with Crippen molar-refractivity contribution < 1.29 is 13.9 Å². The second-order valence-corrected chi connectivity index (χ2v) is 5.31. The number of carbonyl (C=O) groups is 1. The minimum Gasteiger partial charge on any atom is -0.492 e. The van der Waals surface area contributed by atoms with Crippen LogP contribution in [0.1, 0.15) is 21.5 Å². The number of ketones is 1. The third-order valence-electron chi connectivity index (χ3n) is 3.18. The molecule has 20 heavy (non-hydrogen) atoms. The van der Waals surface area contributed by atoms with Gasteiger partial charge in [0.25, 0.3) is 0 Å². The minimum absolute atomic E-state index is 0.0710. The Kier molecular flexibility index (Phi) is 3.40. The molecule has 3 rings (SSSR count). The molecule has 2 aromatic rings. The van der Waals surface area contributed by atoms with Crippen molar-refractivity contribution in [2.24, 2.45) is 0 Å². The highest BCUT2D eigenvalue weighted by molar-refractivity contribution is 6.35. The predicted molar refractivity (Wildman–Crippen MR) is 75.5 cm³/mol. The van der Waals surface area contributed by atoms with Crippen LogP contribution in [0.3, 0.4) is 0 Å². The van der Waals surface area contributed by atoms with Crippen LogP contribution in [0, 0.1) is 5.82 Å². The van der Waals surface area contributed by atoms with Crippen molar-refractivity contribution in [1.82, 2.24) is 0 Å². The van der Waals surface area contributed by atoms with Crippen LogP contribution in [0.5, 0.6) is 5.75 Å². The van der Waals surface area contributed by atoms with E-state index < -0.39 is 11.6 Å². The molecule has 0 saturated heterocycles. The van der Waals surface area contributed by atoms with E-state index in [0.717, 1.165) is 5.56 Å². The third kappa shape index (κ3) is 2.17. The lowest BCUT2D eigenvalue weighted by Gasteiger charge is -2.10. The Morgan fingerprint density at radius 2 is 2.05 bits per heavy atom. The van der Waals surface area contributed by atoms with E-state index in [1.54, 1.807) is 6.07 Å². The fourth-order valence-electron chi connectivity index (χ4n) is 2.29. The Bertz CT molecular complexity index is 693. The van der Waals surface area contributed by atoms with E-state index in [1.165, 1.54) is 24.3 Å². The lowest BCUT2D eigenvalue weighted by atomic mass is 9.99. The molecule has 0 spiro atoms. The quantitative estimate of drug-likeness (QED) is 0.773. The van der Waals surface area contributed by atoms with Crippen LogP contribution in [-0.4, -0.2) is 12.4 Å². The summed E-state index contributed by atoms with van der Waals surface area (Å²) in [4.78, 5) is 12.5. The first-order valence-corrected chi connectivity index (χ1v) is 6.77. The summed E-state index contributed by atoms with van der Waals surface area (Å²) in [5.74, 6) is -0.707. The Balaban J connectivity index is 2.17. The molecular weight excluding hydrogens is 302 g/mol. The minimum atomic E-state index is -0.658. The highest BCUT2D eigenvalue weighted by Crippen LogP contribution is 2.35. The molecule has 0 radical (unpaired) electrons. The van der Waals surface area contributed by atoms with Crippen molar-refractivity contribution in [2.45, 2.75) is 6.42 Å². The molecule has 2 nitrogen and oxygen atoms in total. The molecule has 102 valence electrons. The summed E-state index contributed by atoms with van der Waals surface area (Å²) in [5, 5.41) is 0.492. The van der Waals surface area contributed by atoms with Gasteiger partial charge in [0.1, 0.15) is 11.6 Å². The van der Waals surface area contributed by atoms with Gasteiger partial charge in [-0.2, -0.15) is 0 Å². The van der Waals surface area contributed by atoms with Gasteiger partial charge in [-0.05, 0) is 29.8 Å². The Hall–Kier alpha value is -1.58. The maximum atomic E-state index is 13.9. The van der Waals surface area contributed by atoms with Gasteiger partial charge < -0.3 is 4.74 Å². The van der Waals surface area contributed by atoms with Gasteiger partial charge in [0.15, 0.2) is 0 Å². The van der Waals surface area contributed by atoms with Gasteiger partial charge >= 0.3 is 0 Å². The average molecular weight is 311 g/mol. The first-order chi connectivity index (χ1) is 9.58. The summed E-state index contributed by atoms with van der Waals surface area (Å²) in [6, 6.07) is 7.36. The second kappa shape index (κ2) is 5.08. The van der Waals surface area contributed by atoms with Crippen molar-refractivity contribution in [3.63, 3.8) is 0 Å². The van der Waals surface area contributed by atoms with Gasteiger partial charge in [0, 0.05) is 11.4 Å². The summed E-state index contributed by atoms with van der Waals surface area (Å²) in [5.41, 5.74) is 0.944. The van der Waals surface area contributed by atoms with Gasteiger partial charge in [-0.25, -0.2) is 4.39 Å². The summed E-state index contributed by atoms with van der Waals surface area (Å²) in [7, 11) is 0. The normalized spacial score (nSPS) is 12.9. The molecule has 0 amide bonds. The highest BCUT2D eigenvalue weighted by atomic mass is 35.5. The van der Waals surface area contributed by atoms with Crippen molar-refractivity contribution in [2.75, 3.05) is 6.61 Å². The number of fused-ring (bicyclic) bond motifs is 1. The Morgan fingerprint density at radius 3 is 2.80 bits per heavy atom. The molecule has 0 saturated carbocycles. The number of ether oxygens (including phenoxy) is 1. The van der Waals surface area contributed by atoms with Crippen molar-refractivity contribution in [3.8, 4) is 5.75 Å². The fraction of sp³-hybridized carbons (Fsp3) is 0.133. The molecule has 2 aromatic carbocycles. The second-order valence-electron chi connectivity index (χ2n) is 4.47. The molecule has 1 heterocycles. The number of halogens is 3. The van der Waals surface area contributed by atoms with Crippen LogP contribution in [0.15, 0.2) is 30.3 Å². The third-order valence-corrected chi connectivity index (χ3v) is 3.72. The Labute approximate surface area is 125 Å². The zero-order valence-corrected chi connectivity index (χ0v) is 11.8. The van der Waals surface area contributed by atoms with Crippen LogP contribution in [0.25, 0.3) is 0 Å². The average Bonchev–Trinajstić information content (AvgIpc) is 2.85. The SMILES string of the molecule is O=C(c1cc(Cl)cc2c1OCC2)c1c(F)cccc1Cl. The van der Waals surface area contributed by atoms with Crippen molar-refractivity contribution in [3.05, 3.63) is 62.9 Å². The van der Waals surface area contributed by atoms with Gasteiger partial charge in [0.2, 0.25) is 5.78 Å². The largest absolute Gasteiger partial charge is 0.492 e. The topological polar surface area (TPSA) is 26.3 Å².